The lowest BCUT2D eigenvalue weighted by Gasteiger charge is -2.38. The van der Waals surface area contributed by atoms with Gasteiger partial charge in [0.25, 0.3) is 5.91 Å². The Bertz CT molecular complexity index is 490. The van der Waals surface area contributed by atoms with E-state index in [1.165, 1.54) is 19.3 Å². The Morgan fingerprint density at radius 1 is 1.32 bits per heavy atom. The lowest BCUT2D eigenvalue weighted by molar-refractivity contribution is 0.0693. The van der Waals surface area contributed by atoms with E-state index in [9.17, 15) is 4.79 Å². The second-order valence-corrected chi connectivity index (χ2v) is 6.42. The van der Waals surface area contributed by atoms with Crippen molar-refractivity contribution in [2.75, 3.05) is 39.9 Å². The van der Waals surface area contributed by atoms with Gasteiger partial charge in [-0.15, -0.1) is 0 Å². The number of likely N-dealkylation sites (tertiary alicyclic amines) is 2. The summed E-state index contributed by atoms with van der Waals surface area (Å²) in [5.74, 6) is 0.0796. The van der Waals surface area contributed by atoms with Gasteiger partial charge < -0.3 is 9.64 Å². The predicted molar refractivity (Wildman–Crippen MR) is 83.8 cm³/mol. The number of aromatic amines is 1. The summed E-state index contributed by atoms with van der Waals surface area (Å²) in [5, 5.41) is 6.67. The van der Waals surface area contributed by atoms with E-state index < -0.39 is 0 Å². The molecule has 2 fully saturated rings. The van der Waals surface area contributed by atoms with Gasteiger partial charge in [0.15, 0.2) is 0 Å². The fourth-order valence-corrected chi connectivity index (χ4v) is 4.04. The molecule has 1 unspecified atom stereocenters. The minimum absolute atomic E-state index is 0.0796. The molecule has 0 saturated carbocycles. The van der Waals surface area contributed by atoms with Gasteiger partial charge in [-0.2, -0.15) is 5.10 Å². The number of nitrogens with zero attached hydrogens (tertiary/aromatic N) is 3. The van der Waals surface area contributed by atoms with Gasteiger partial charge in [0.2, 0.25) is 0 Å². The molecule has 22 heavy (non-hydrogen) atoms. The first-order valence-corrected chi connectivity index (χ1v) is 8.28. The highest BCUT2D eigenvalue weighted by Crippen LogP contribution is 2.38. The van der Waals surface area contributed by atoms with Crippen molar-refractivity contribution >= 4 is 5.91 Å². The Hall–Kier alpha value is -1.40. The fourth-order valence-electron chi connectivity index (χ4n) is 4.04. The summed E-state index contributed by atoms with van der Waals surface area (Å²) >= 11 is 0. The summed E-state index contributed by atoms with van der Waals surface area (Å²) in [7, 11) is 1.76. The number of nitrogens with one attached hydrogen (secondary N) is 1. The van der Waals surface area contributed by atoms with E-state index in [1.807, 2.05) is 4.90 Å². The molecule has 0 radical (unpaired) electrons. The number of hydrogen-bond donors (Lipinski definition) is 1. The van der Waals surface area contributed by atoms with Crippen molar-refractivity contribution in [1.29, 1.82) is 0 Å². The van der Waals surface area contributed by atoms with E-state index >= 15 is 0 Å². The van der Waals surface area contributed by atoms with Crippen molar-refractivity contribution in [2.24, 2.45) is 0 Å². The van der Waals surface area contributed by atoms with Gasteiger partial charge in [-0.05, 0) is 44.7 Å². The van der Waals surface area contributed by atoms with Gasteiger partial charge >= 0.3 is 0 Å². The highest BCUT2D eigenvalue weighted by molar-refractivity contribution is 5.92. The maximum Gasteiger partial charge on any atom is 0.271 e. The number of carbonyl (C=O) groups excluding carboxylic acids is 1. The Morgan fingerprint density at radius 2 is 2.14 bits per heavy atom. The SMILES string of the molecule is COCCN1CCCC12CCCN(C(=O)c1ccn[nH]1)CC2. The normalized spacial score (nSPS) is 26.5. The number of ether oxygens (including phenoxy) is 1. The van der Waals surface area contributed by atoms with E-state index in [0.29, 0.717) is 5.69 Å². The molecule has 0 aromatic carbocycles. The third kappa shape index (κ3) is 3.03. The van der Waals surface area contributed by atoms with Gasteiger partial charge in [-0.25, -0.2) is 0 Å². The summed E-state index contributed by atoms with van der Waals surface area (Å²) in [6.07, 6.45) is 7.47. The van der Waals surface area contributed by atoms with Crippen LogP contribution in [-0.4, -0.2) is 71.3 Å². The van der Waals surface area contributed by atoms with Crippen LogP contribution in [0.4, 0.5) is 0 Å². The molecule has 2 saturated heterocycles. The highest BCUT2D eigenvalue weighted by Gasteiger charge is 2.41. The predicted octanol–water partition coefficient (Wildman–Crippen LogP) is 1.52. The van der Waals surface area contributed by atoms with Crippen LogP contribution in [0.5, 0.6) is 0 Å². The number of hydrogen-bond acceptors (Lipinski definition) is 4. The van der Waals surface area contributed by atoms with Gasteiger partial charge in [0, 0.05) is 38.5 Å². The van der Waals surface area contributed by atoms with Crippen LogP contribution in [0.1, 0.15) is 42.6 Å². The number of rotatable bonds is 4. The Morgan fingerprint density at radius 3 is 2.86 bits per heavy atom. The average Bonchev–Trinajstić information content (AvgIpc) is 3.13. The Labute approximate surface area is 131 Å². The zero-order valence-electron chi connectivity index (χ0n) is 13.4. The Kier molecular flexibility index (Phi) is 4.78. The van der Waals surface area contributed by atoms with Crippen molar-refractivity contribution in [3.05, 3.63) is 18.0 Å². The van der Waals surface area contributed by atoms with Crippen LogP contribution < -0.4 is 0 Å². The van der Waals surface area contributed by atoms with E-state index in [4.69, 9.17) is 4.74 Å². The smallest absolute Gasteiger partial charge is 0.271 e. The first-order valence-electron chi connectivity index (χ1n) is 8.28. The maximum atomic E-state index is 12.5. The van der Waals surface area contributed by atoms with Crippen LogP contribution in [0.3, 0.4) is 0 Å². The molecule has 3 rings (SSSR count). The molecule has 1 spiro atoms. The molecular formula is C16H26N4O2. The molecule has 1 aromatic heterocycles. The molecule has 3 heterocycles. The quantitative estimate of drug-likeness (QED) is 0.916. The number of carbonyl (C=O) groups is 1. The molecule has 2 aliphatic heterocycles. The summed E-state index contributed by atoms with van der Waals surface area (Å²) < 4.78 is 5.26. The molecule has 1 atom stereocenters. The first-order chi connectivity index (χ1) is 10.7. The van der Waals surface area contributed by atoms with E-state index in [2.05, 4.69) is 15.1 Å². The standard InChI is InChI=1S/C16H26N4O2/c1-22-13-12-20-10-3-6-16(20)5-2-9-19(11-7-16)15(21)14-4-8-17-18-14/h4,8H,2-3,5-7,9-13H2,1H3,(H,17,18). The van der Waals surface area contributed by atoms with E-state index in [-0.39, 0.29) is 11.4 Å². The van der Waals surface area contributed by atoms with Gasteiger partial charge in [-0.1, -0.05) is 0 Å². The Balaban J connectivity index is 1.65. The molecule has 122 valence electrons. The van der Waals surface area contributed by atoms with Crippen LogP contribution in [0.2, 0.25) is 0 Å². The molecule has 0 aliphatic carbocycles. The molecule has 6 heteroatoms. The van der Waals surface area contributed by atoms with Gasteiger partial charge in [-0.3, -0.25) is 14.8 Å². The monoisotopic (exact) mass is 306 g/mol. The second kappa shape index (κ2) is 6.79. The third-order valence-electron chi connectivity index (χ3n) is 5.24. The minimum atomic E-state index is 0.0796. The van der Waals surface area contributed by atoms with E-state index in [0.717, 1.165) is 45.6 Å². The topological polar surface area (TPSA) is 61.5 Å². The molecule has 6 nitrogen and oxygen atoms in total. The largest absolute Gasteiger partial charge is 0.383 e. The van der Waals surface area contributed by atoms with Crippen molar-refractivity contribution in [1.82, 2.24) is 20.0 Å². The zero-order valence-corrected chi connectivity index (χ0v) is 13.4. The van der Waals surface area contributed by atoms with Crippen molar-refractivity contribution in [3.8, 4) is 0 Å². The van der Waals surface area contributed by atoms with Crippen LogP contribution in [0.15, 0.2) is 12.3 Å². The molecular weight excluding hydrogens is 280 g/mol. The van der Waals surface area contributed by atoms with Crippen LogP contribution >= 0.6 is 0 Å². The lowest BCUT2D eigenvalue weighted by Crippen LogP contribution is -2.46. The highest BCUT2D eigenvalue weighted by atomic mass is 16.5. The second-order valence-electron chi connectivity index (χ2n) is 6.42. The molecule has 2 aliphatic rings. The maximum absolute atomic E-state index is 12.5. The van der Waals surface area contributed by atoms with E-state index in [1.54, 1.807) is 19.4 Å². The summed E-state index contributed by atoms with van der Waals surface area (Å²) in [4.78, 5) is 17.1. The van der Waals surface area contributed by atoms with Gasteiger partial charge in [0.1, 0.15) is 5.69 Å². The fraction of sp³-hybridized carbons (Fsp3) is 0.750. The summed E-state index contributed by atoms with van der Waals surface area (Å²) in [5.41, 5.74) is 0.875. The summed E-state index contributed by atoms with van der Waals surface area (Å²) in [6.45, 7) is 4.64. The molecule has 1 aromatic rings. The molecule has 1 N–H and O–H groups in total. The molecule has 1 amide bonds. The van der Waals surface area contributed by atoms with Crippen LogP contribution in [0, 0.1) is 0 Å². The number of aromatic nitrogens is 2. The number of methoxy groups -OCH3 is 1. The third-order valence-corrected chi connectivity index (χ3v) is 5.24. The van der Waals surface area contributed by atoms with Gasteiger partial charge in [0.05, 0.1) is 6.61 Å². The lowest BCUT2D eigenvalue weighted by atomic mass is 9.88. The minimum Gasteiger partial charge on any atom is -0.383 e. The first kappa shape index (κ1) is 15.5. The van der Waals surface area contributed by atoms with Crippen molar-refractivity contribution < 1.29 is 9.53 Å². The van der Waals surface area contributed by atoms with Crippen molar-refractivity contribution in [3.63, 3.8) is 0 Å². The number of H-pyrrole nitrogens is 1. The molecule has 0 bridgehead atoms. The number of amides is 1. The zero-order chi connectivity index (χ0) is 15.4. The van der Waals surface area contributed by atoms with Crippen molar-refractivity contribution in [2.45, 2.75) is 37.6 Å². The van der Waals surface area contributed by atoms with Crippen LogP contribution in [-0.2, 0) is 4.74 Å². The average molecular weight is 306 g/mol. The van der Waals surface area contributed by atoms with Crippen LogP contribution in [0.25, 0.3) is 0 Å². The summed E-state index contributed by atoms with van der Waals surface area (Å²) in [6, 6.07) is 1.75.